The molecule has 0 spiro atoms. The topological polar surface area (TPSA) is 0 Å². The first-order chi connectivity index (χ1) is 5.59. The van der Waals surface area contributed by atoms with Gasteiger partial charge in [-0.05, 0) is 12.8 Å². The Hall–Kier alpha value is 1.45. The zero-order chi connectivity index (χ0) is 9.56. The Labute approximate surface area is 98.4 Å². The maximum Gasteiger partial charge on any atom is 0.125 e. The molecule has 12 heavy (non-hydrogen) atoms. The van der Waals surface area contributed by atoms with Crippen LogP contribution in [0.4, 0.5) is 0 Å². The highest BCUT2D eigenvalue weighted by molar-refractivity contribution is 6.49. The third-order valence-corrected chi connectivity index (χ3v) is 3.69. The lowest BCUT2D eigenvalue weighted by Gasteiger charge is -2.16. The molecule has 0 bridgehead atoms. The summed E-state index contributed by atoms with van der Waals surface area (Å²) in [5.41, 5.74) is 0. The van der Waals surface area contributed by atoms with Gasteiger partial charge in [0.15, 0.2) is 0 Å². The Balaban J connectivity index is 3.49. The van der Waals surface area contributed by atoms with Gasteiger partial charge in [-0.3, -0.25) is 0 Å². The molecule has 2 unspecified atom stereocenters. The normalized spacial score (nSPS) is 16.5. The van der Waals surface area contributed by atoms with Gasteiger partial charge in [0.1, 0.15) is 4.84 Å². The minimum Gasteiger partial charge on any atom is -0.127 e. The molecule has 0 aliphatic rings. The molecular formula is C7H11Cl5. The van der Waals surface area contributed by atoms with Crippen LogP contribution in [0.2, 0.25) is 0 Å². The highest BCUT2D eigenvalue weighted by atomic mass is 35.5. The van der Waals surface area contributed by atoms with Crippen LogP contribution in [-0.4, -0.2) is 21.5 Å². The Morgan fingerprint density at radius 1 is 0.917 bits per heavy atom. The zero-order valence-corrected chi connectivity index (χ0v) is 10.2. The predicted octanol–water partition coefficient (Wildman–Crippen LogP) is 4.41. The van der Waals surface area contributed by atoms with Crippen LogP contribution in [0.5, 0.6) is 0 Å². The summed E-state index contributed by atoms with van der Waals surface area (Å²) in [6.45, 7) is 0. The van der Waals surface area contributed by atoms with E-state index in [0.717, 1.165) is 19.3 Å². The maximum atomic E-state index is 5.92. The summed E-state index contributed by atoms with van der Waals surface area (Å²) >= 11 is 28.4. The Morgan fingerprint density at radius 2 is 1.50 bits per heavy atom. The average Bonchev–Trinajstić information content (AvgIpc) is 2.03. The largest absolute Gasteiger partial charge is 0.127 e. The average molecular weight is 272 g/mol. The molecule has 0 heterocycles. The van der Waals surface area contributed by atoms with E-state index >= 15 is 0 Å². The van der Waals surface area contributed by atoms with Crippen molar-refractivity contribution in [1.82, 2.24) is 0 Å². The lowest BCUT2D eigenvalue weighted by atomic mass is 10.1. The Morgan fingerprint density at radius 3 is 1.92 bits per heavy atom. The Bertz CT molecular complexity index is 106. The molecule has 0 aliphatic carbocycles. The first-order valence-electron chi connectivity index (χ1n) is 3.72. The fourth-order valence-electron chi connectivity index (χ4n) is 0.751. The molecule has 5 heteroatoms. The van der Waals surface area contributed by atoms with Crippen LogP contribution < -0.4 is 0 Å². The van der Waals surface area contributed by atoms with Crippen molar-refractivity contribution in [2.24, 2.45) is 0 Å². The number of alkyl halides is 5. The maximum absolute atomic E-state index is 5.92. The number of hydrogen-bond donors (Lipinski definition) is 0. The van der Waals surface area contributed by atoms with E-state index < -0.39 is 4.84 Å². The quantitative estimate of drug-likeness (QED) is 0.496. The monoisotopic (exact) mass is 270 g/mol. The number of halogens is 5. The summed E-state index contributed by atoms with van der Waals surface area (Å²) < 4.78 is 0. The standard InChI is InChI=1S/C7H11Cl5/c8-4-2-1-3-5(9)6(10)7(11)12/h5-7H,1-4H2. The fraction of sp³-hybridized carbons (Fsp3) is 1.00. The fourth-order valence-corrected chi connectivity index (χ4v) is 1.87. The number of rotatable bonds is 6. The van der Waals surface area contributed by atoms with Gasteiger partial charge in [-0.1, -0.05) is 6.42 Å². The van der Waals surface area contributed by atoms with Gasteiger partial charge in [-0.2, -0.15) is 0 Å². The molecule has 0 saturated carbocycles. The van der Waals surface area contributed by atoms with Gasteiger partial charge >= 0.3 is 0 Å². The van der Waals surface area contributed by atoms with Crippen molar-refractivity contribution in [3.05, 3.63) is 0 Å². The minimum absolute atomic E-state index is 0.171. The smallest absolute Gasteiger partial charge is 0.125 e. The molecule has 0 saturated heterocycles. The molecule has 0 aromatic rings. The van der Waals surface area contributed by atoms with Crippen LogP contribution in [-0.2, 0) is 0 Å². The molecule has 0 radical (unpaired) electrons. The molecule has 0 amide bonds. The van der Waals surface area contributed by atoms with E-state index in [9.17, 15) is 0 Å². The van der Waals surface area contributed by atoms with Crippen molar-refractivity contribution in [3.8, 4) is 0 Å². The van der Waals surface area contributed by atoms with Gasteiger partial charge in [-0.25, -0.2) is 0 Å². The van der Waals surface area contributed by atoms with E-state index in [1.807, 2.05) is 0 Å². The summed E-state index contributed by atoms with van der Waals surface area (Å²) in [7, 11) is 0. The van der Waals surface area contributed by atoms with Crippen molar-refractivity contribution < 1.29 is 0 Å². The van der Waals surface area contributed by atoms with Crippen LogP contribution in [0.25, 0.3) is 0 Å². The van der Waals surface area contributed by atoms with Crippen molar-refractivity contribution in [3.63, 3.8) is 0 Å². The van der Waals surface area contributed by atoms with Crippen molar-refractivity contribution >= 4 is 58.0 Å². The van der Waals surface area contributed by atoms with Crippen LogP contribution in [0.1, 0.15) is 19.3 Å². The van der Waals surface area contributed by atoms with Gasteiger partial charge in [0.2, 0.25) is 0 Å². The molecule has 0 fully saturated rings. The lowest BCUT2D eigenvalue weighted by molar-refractivity contribution is 0.664. The zero-order valence-electron chi connectivity index (χ0n) is 6.45. The minimum atomic E-state index is -0.606. The first kappa shape index (κ1) is 13.4. The third-order valence-electron chi connectivity index (χ3n) is 1.45. The lowest BCUT2D eigenvalue weighted by Crippen LogP contribution is -2.21. The van der Waals surface area contributed by atoms with Gasteiger partial charge < -0.3 is 0 Å². The van der Waals surface area contributed by atoms with E-state index in [1.165, 1.54) is 0 Å². The van der Waals surface area contributed by atoms with Gasteiger partial charge in [-0.15, -0.1) is 58.0 Å². The van der Waals surface area contributed by atoms with Crippen molar-refractivity contribution in [2.45, 2.75) is 34.9 Å². The van der Waals surface area contributed by atoms with Crippen LogP contribution in [0.3, 0.4) is 0 Å². The molecule has 0 N–H and O–H groups in total. The van der Waals surface area contributed by atoms with E-state index in [2.05, 4.69) is 0 Å². The SMILES string of the molecule is ClCCCCC(Cl)C(Cl)C(Cl)Cl. The summed E-state index contributed by atoms with van der Waals surface area (Å²) in [5.74, 6) is 0.655. The van der Waals surface area contributed by atoms with Crippen LogP contribution in [0.15, 0.2) is 0 Å². The highest BCUT2D eigenvalue weighted by Crippen LogP contribution is 2.24. The second-order valence-corrected chi connectivity index (χ2v) is 5.09. The van der Waals surface area contributed by atoms with Gasteiger partial charge in [0.05, 0.1) is 10.8 Å². The Kier molecular flexibility index (Phi) is 8.76. The van der Waals surface area contributed by atoms with E-state index in [1.54, 1.807) is 0 Å². The first-order valence-corrected chi connectivity index (χ1v) is 6.00. The molecule has 0 rings (SSSR count). The summed E-state index contributed by atoms with van der Waals surface area (Å²) in [5, 5.41) is -0.555. The summed E-state index contributed by atoms with van der Waals surface area (Å²) in [6.07, 6.45) is 2.71. The van der Waals surface area contributed by atoms with Crippen molar-refractivity contribution in [1.29, 1.82) is 0 Å². The molecule has 0 aliphatic heterocycles. The molecule has 0 nitrogen and oxygen atoms in total. The van der Waals surface area contributed by atoms with Crippen LogP contribution >= 0.6 is 58.0 Å². The second kappa shape index (κ2) is 7.82. The molecule has 0 aromatic carbocycles. The number of unbranched alkanes of at least 4 members (excludes halogenated alkanes) is 1. The van der Waals surface area contributed by atoms with E-state index in [-0.39, 0.29) is 10.8 Å². The molecule has 0 aromatic heterocycles. The summed E-state index contributed by atoms with van der Waals surface area (Å²) in [4.78, 5) is -0.606. The second-order valence-electron chi connectivity index (χ2n) is 2.48. The van der Waals surface area contributed by atoms with E-state index in [0.29, 0.717) is 5.88 Å². The van der Waals surface area contributed by atoms with Crippen LogP contribution in [0, 0.1) is 0 Å². The van der Waals surface area contributed by atoms with E-state index in [4.69, 9.17) is 58.0 Å². The highest BCUT2D eigenvalue weighted by Gasteiger charge is 2.22. The number of hydrogen-bond acceptors (Lipinski definition) is 0. The predicted molar refractivity (Wildman–Crippen MR) is 59.3 cm³/mol. The molecule has 74 valence electrons. The molecule has 2 atom stereocenters. The molecular weight excluding hydrogens is 261 g/mol. The van der Waals surface area contributed by atoms with Gasteiger partial charge in [0.25, 0.3) is 0 Å². The third kappa shape index (κ3) is 5.99. The summed E-state index contributed by atoms with van der Waals surface area (Å²) in [6, 6.07) is 0. The van der Waals surface area contributed by atoms with Crippen molar-refractivity contribution in [2.75, 3.05) is 5.88 Å². The van der Waals surface area contributed by atoms with Gasteiger partial charge in [0, 0.05) is 5.88 Å².